The number of methoxy groups -OCH3 is 1. The number of nitrogens with one attached hydrogen (secondary N) is 2. The highest BCUT2D eigenvalue weighted by Crippen LogP contribution is 2.32. The van der Waals surface area contributed by atoms with Crippen molar-refractivity contribution in [1.29, 1.82) is 0 Å². The summed E-state index contributed by atoms with van der Waals surface area (Å²) in [7, 11) is 3.46. The van der Waals surface area contributed by atoms with Gasteiger partial charge in [-0.3, -0.25) is 9.48 Å². The summed E-state index contributed by atoms with van der Waals surface area (Å²) in [5.41, 5.74) is 2.43. The number of aryl methyl sites for hydroxylation is 1. The molecule has 0 aromatic carbocycles. The maximum absolute atomic E-state index is 12.0. The predicted octanol–water partition coefficient (Wildman–Crippen LogP) is 4.33. The number of anilines is 3. The molecular formula is C27H34N8O4. The van der Waals surface area contributed by atoms with Gasteiger partial charge in [-0.1, -0.05) is 20.8 Å². The molecule has 0 spiro atoms. The van der Waals surface area contributed by atoms with Crippen LogP contribution >= 0.6 is 0 Å². The second-order valence-corrected chi connectivity index (χ2v) is 10.5. The van der Waals surface area contributed by atoms with Gasteiger partial charge in [0.2, 0.25) is 11.9 Å². The third-order valence-electron chi connectivity index (χ3n) is 6.48. The van der Waals surface area contributed by atoms with E-state index in [4.69, 9.17) is 19.3 Å². The number of rotatable bonds is 9. The van der Waals surface area contributed by atoms with Crippen LogP contribution in [0.25, 0.3) is 11.2 Å². The van der Waals surface area contributed by atoms with Crippen molar-refractivity contribution < 1.29 is 19.0 Å². The monoisotopic (exact) mass is 534 g/mol. The lowest BCUT2D eigenvalue weighted by atomic mass is 9.91. The van der Waals surface area contributed by atoms with Gasteiger partial charge in [-0.25, -0.2) is 9.97 Å². The van der Waals surface area contributed by atoms with Gasteiger partial charge in [0.25, 0.3) is 0 Å². The summed E-state index contributed by atoms with van der Waals surface area (Å²) < 4.78 is 20.6. The molecule has 12 nitrogen and oxygen atoms in total. The van der Waals surface area contributed by atoms with Gasteiger partial charge >= 0.3 is 0 Å². The average molecular weight is 535 g/mol. The van der Waals surface area contributed by atoms with E-state index in [0.717, 1.165) is 30.1 Å². The van der Waals surface area contributed by atoms with E-state index in [-0.39, 0.29) is 23.8 Å². The van der Waals surface area contributed by atoms with Crippen LogP contribution in [0.4, 0.5) is 17.6 Å². The Labute approximate surface area is 226 Å². The van der Waals surface area contributed by atoms with Gasteiger partial charge in [-0.05, 0) is 12.5 Å². The van der Waals surface area contributed by atoms with Gasteiger partial charge in [-0.15, -0.1) is 0 Å². The van der Waals surface area contributed by atoms with Crippen molar-refractivity contribution in [3.63, 3.8) is 0 Å². The average Bonchev–Trinajstić information content (AvgIpc) is 3.63. The number of hydrogen-bond acceptors (Lipinski definition) is 9. The minimum atomic E-state index is -0.185. The van der Waals surface area contributed by atoms with E-state index in [2.05, 4.69) is 57.1 Å². The van der Waals surface area contributed by atoms with Gasteiger partial charge in [0.1, 0.15) is 17.3 Å². The number of pyridine rings is 2. The van der Waals surface area contributed by atoms with Crippen LogP contribution in [0.2, 0.25) is 0 Å². The molecule has 0 bridgehead atoms. The molecule has 0 radical (unpaired) electrons. The highest BCUT2D eigenvalue weighted by Gasteiger charge is 2.28. The lowest BCUT2D eigenvalue weighted by Gasteiger charge is -2.22. The number of hydrogen-bond donors (Lipinski definition) is 2. The first-order valence-corrected chi connectivity index (χ1v) is 12.9. The Morgan fingerprint density at radius 2 is 2.03 bits per heavy atom. The van der Waals surface area contributed by atoms with Crippen LogP contribution in [-0.4, -0.2) is 62.1 Å². The Morgan fingerprint density at radius 1 is 1.18 bits per heavy atom. The Hall–Kier alpha value is -4.03. The highest BCUT2D eigenvalue weighted by molar-refractivity contribution is 5.90. The number of fused-ring (bicyclic) bond motifs is 1. The van der Waals surface area contributed by atoms with Crippen LogP contribution in [0, 0.1) is 0 Å². The molecule has 1 unspecified atom stereocenters. The molecule has 1 atom stereocenters. The quantitative estimate of drug-likeness (QED) is 0.322. The van der Waals surface area contributed by atoms with Gasteiger partial charge in [0, 0.05) is 56.3 Å². The molecule has 4 aromatic rings. The molecule has 5 heterocycles. The van der Waals surface area contributed by atoms with Crippen molar-refractivity contribution in [2.45, 2.75) is 45.1 Å². The third kappa shape index (κ3) is 6.02. The van der Waals surface area contributed by atoms with Crippen molar-refractivity contribution in [1.82, 2.24) is 29.3 Å². The fraction of sp³-hybridized carbons (Fsp3) is 0.444. The molecule has 206 valence electrons. The minimum Gasteiger partial charge on any atom is -0.455 e. The number of ether oxygens (including phenoxy) is 3. The van der Waals surface area contributed by atoms with Crippen molar-refractivity contribution in [2.24, 2.45) is 7.05 Å². The second-order valence-electron chi connectivity index (χ2n) is 10.5. The summed E-state index contributed by atoms with van der Waals surface area (Å²) in [6, 6.07) is 7.54. The number of carbonyl (C=O) groups excluding carboxylic acids is 1. The van der Waals surface area contributed by atoms with E-state index >= 15 is 0 Å². The van der Waals surface area contributed by atoms with E-state index < -0.39 is 0 Å². The first-order valence-electron chi connectivity index (χ1n) is 12.9. The van der Waals surface area contributed by atoms with E-state index in [1.807, 2.05) is 17.7 Å². The zero-order valence-corrected chi connectivity index (χ0v) is 22.9. The zero-order valence-electron chi connectivity index (χ0n) is 22.9. The Bertz CT molecular complexity index is 1470. The van der Waals surface area contributed by atoms with E-state index in [9.17, 15) is 4.79 Å². The van der Waals surface area contributed by atoms with Crippen molar-refractivity contribution in [3.05, 3.63) is 42.4 Å². The molecule has 4 aromatic heterocycles. The third-order valence-corrected chi connectivity index (χ3v) is 6.48. The molecule has 39 heavy (non-hydrogen) atoms. The Balaban J connectivity index is 1.34. The first-order chi connectivity index (χ1) is 18.7. The molecule has 1 amide bonds. The standard InChI is InChI=1S/C27H34N8O4/c1-27(2,3)21-14-23(33-35(21)17-7-11-38-16-17)31-26-32-25-20(34(26)4)12-19(15-29-25)39-18-6-9-28-22(13-18)30-24(36)8-10-37-5/h6,9,12-15,17H,7-8,10-11,16H2,1-5H3,(H,28,30,36)(H,29,31,32,33). The summed E-state index contributed by atoms with van der Waals surface area (Å²) in [6.07, 6.45) is 4.38. The largest absolute Gasteiger partial charge is 0.455 e. The molecule has 1 aliphatic rings. The SMILES string of the molecule is COCCC(=O)Nc1cc(Oc2cnc3nc(Nc4cc(C(C)(C)C)n(C5CCOC5)n4)n(C)c3c2)ccn1. The first kappa shape index (κ1) is 26.6. The van der Waals surface area contributed by atoms with E-state index in [1.165, 1.54) is 0 Å². The van der Waals surface area contributed by atoms with Gasteiger partial charge < -0.3 is 29.4 Å². The van der Waals surface area contributed by atoms with Crippen LogP contribution < -0.4 is 15.4 Å². The summed E-state index contributed by atoms with van der Waals surface area (Å²) in [6.45, 7) is 8.30. The van der Waals surface area contributed by atoms with Crippen molar-refractivity contribution >= 4 is 34.7 Å². The predicted molar refractivity (Wildman–Crippen MR) is 147 cm³/mol. The topological polar surface area (TPSA) is 130 Å². The molecule has 1 saturated heterocycles. The molecule has 1 fully saturated rings. The van der Waals surface area contributed by atoms with Crippen molar-refractivity contribution in [2.75, 3.05) is 37.6 Å². The normalized spacial score (nSPS) is 15.6. The van der Waals surface area contributed by atoms with Crippen LogP contribution in [0.3, 0.4) is 0 Å². The number of nitrogens with zero attached hydrogens (tertiary/aromatic N) is 6. The van der Waals surface area contributed by atoms with Gasteiger partial charge in [-0.2, -0.15) is 10.1 Å². The summed E-state index contributed by atoms with van der Waals surface area (Å²) in [5.74, 6) is 2.60. The molecule has 12 heteroatoms. The van der Waals surface area contributed by atoms with Crippen LogP contribution in [0.15, 0.2) is 36.7 Å². The van der Waals surface area contributed by atoms with Gasteiger partial charge in [0.05, 0.1) is 37.4 Å². The van der Waals surface area contributed by atoms with E-state index in [0.29, 0.717) is 42.1 Å². The highest BCUT2D eigenvalue weighted by atomic mass is 16.5. The summed E-state index contributed by atoms with van der Waals surface area (Å²) in [4.78, 5) is 25.3. The molecule has 5 rings (SSSR count). The zero-order chi connectivity index (χ0) is 27.6. The smallest absolute Gasteiger partial charge is 0.227 e. The lowest BCUT2D eigenvalue weighted by Crippen LogP contribution is -2.22. The summed E-state index contributed by atoms with van der Waals surface area (Å²) >= 11 is 0. The Morgan fingerprint density at radius 3 is 2.77 bits per heavy atom. The lowest BCUT2D eigenvalue weighted by molar-refractivity contribution is -0.117. The molecule has 2 N–H and O–H groups in total. The molecule has 0 aliphatic carbocycles. The van der Waals surface area contributed by atoms with Gasteiger partial charge in [0.15, 0.2) is 11.5 Å². The Kier molecular flexibility index (Phi) is 7.49. The number of imidazole rings is 1. The van der Waals surface area contributed by atoms with E-state index in [1.54, 1.807) is 31.6 Å². The molecular weight excluding hydrogens is 500 g/mol. The number of carbonyl (C=O) groups is 1. The number of aromatic nitrogens is 6. The maximum atomic E-state index is 12.0. The molecule has 0 saturated carbocycles. The second kappa shape index (κ2) is 11.0. The number of amides is 1. The fourth-order valence-corrected chi connectivity index (χ4v) is 4.42. The van der Waals surface area contributed by atoms with Crippen LogP contribution in [0.5, 0.6) is 11.5 Å². The molecule has 1 aliphatic heterocycles. The van der Waals surface area contributed by atoms with Crippen LogP contribution in [0.1, 0.15) is 45.3 Å². The van der Waals surface area contributed by atoms with Crippen molar-refractivity contribution in [3.8, 4) is 11.5 Å². The summed E-state index contributed by atoms with van der Waals surface area (Å²) in [5, 5.41) is 11.0. The fourth-order valence-electron chi connectivity index (χ4n) is 4.42. The maximum Gasteiger partial charge on any atom is 0.227 e. The minimum absolute atomic E-state index is 0.0742. The van der Waals surface area contributed by atoms with Crippen LogP contribution in [-0.2, 0) is 26.7 Å².